The Balaban J connectivity index is 2.33. The number of thiophene rings is 1. The number of benzene rings is 1. The molecule has 2 rings (SSSR count). The molecule has 0 aliphatic rings. The molecule has 0 aliphatic heterocycles. The number of halogens is 2. The van der Waals surface area contributed by atoms with Crippen LogP contribution in [0.1, 0.15) is 31.2 Å². The van der Waals surface area contributed by atoms with Crippen LogP contribution in [0.25, 0.3) is 0 Å². The summed E-state index contributed by atoms with van der Waals surface area (Å²) in [5, 5.41) is 5.65. The molecule has 2 N–H and O–H groups in total. The molecule has 2 aromatic rings. The van der Waals surface area contributed by atoms with Crippen molar-refractivity contribution in [3.05, 3.63) is 49.8 Å². The summed E-state index contributed by atoms with van der Waals surface area (Å²) in [6.45, 7) is 3.53. The summed E-state index contributed by atoms with van der Waals surface area (Å²) in [6, 6.07) is 4.48. The predicted octanol–water partition coefficient (Wildman–Crippen LogP) is 4.42. The van der Waals surface area contributed by atoms with E-state index in [1.807, 2.05) is 0 Å². The number of nitrogens with one attached hydrogen (secondary N) is 2. The lowest BCUT2D eigenvalue weighted by atomic mass is 10.1. The highest BCUT2D eigenvalue weighted by atomic mass is 35.5. The Labute approximate surface area is 158 Å². The first-order valence-electron chi connectivity index (χ1n) is 7.00. The lowest BCUT2D eigenvalue weighted by Gasteiger charge is -2.08. The topological polar surface area (TPSA) is 84.5 Å². The molecule has 0 radical (unpaired) electrons. The van der Waals surface area contributed by atoms with Gasteiger partial charge in [0.2, 0.25) is 0 Å². The molecule has 0 saturated heterocycles. The average Bonchev–Trinajstić information content (AvgIpc) is 2.81. The molecule has 0 bridgehead atoms. The Kier molecular flexibility index (Phi) is 6.05. The van der Waals surface area contributed by atoms with Gasteiger partial charge in [-0.2, -0.15) is 0 Å². The van der Waals surface area contributed by atoms with Crippen LogP contribution < -0.4 is 10.6 Å². The lowest BCUT2D eigenvalue weighted by Crippen LogP contribution is -2.31. The molecule has 3 amide bonds. The van der Waals surface area contributed by atoms with Crippen LogP contribution in [-0.4, -0.2) is 25.0 Å². The van der Waals surface area contributed by atoms with Gasteiger partial charge in [-0.1, -0.05) is 23.2 Å². The van der Waals surface area contributed by atoms with Gasteiger partial charge in [-0.25, -0.2) is 4.79 Å². The van der Waals surface area contributed by atoms with Gasteiger partial charge in [-0.15, -0.1) is 11.3 Å². The van der Waals surface area contributed by atoms with Gasteiger partial charge in [0.15, 0.2) is 0 Å². The Morgan fingerprint density at radius 2 is 1.80 bits per heavy atom. The molecule has 0 atom stereocenters. The molecular formula is C16H14Cl2N2O4S. The molecule has 1 heterocycles. The highest BCUT2D eigenvalue weighted by Gasteiger charge is 2.23. The molecule has 9 heteroatoms. The van der Waals surface area contributed by atoms with Crippen molar-refractivity contribution in [1.29, 1.82) is 0 Å². The third-order valence-electron chi connectivity index (χ3n) is 3.42. The van der Waals surface area contributed by atoms with E-state index in [9.17, 15) is 14.4 Å². The maximum absolute atomic E-state index is 12.5. The van der Waals surface area contributed by atoms with E-state index in [1.54, 1.807) is 13.8 Å². The molecule has 132 valence electrons. The smallest absolute Gasteiger partial charge is 0.413 e. The molecule has 0 saturated carbocycles. The third kappa shape index (κ3) is 4.31. The molecule has 0 aliphatic carbocycles. The number of amides is 3. The first kappa shape index (κ1) is 19.2. The number of aryl methyl sites for hydroxylation is 1. The minimum Gasteiger partial charge on any atom is -0.453 e. The zero-order valence-electron chi connectivity index (χ0n) is 13.5. The van der Waals surface area contributed by atoms with Gasteiger partial charge in [-0.05, 0) is 37.6 Å². The zero-order valence-corrected chi connectivity index (χ0v) is 15.9. The van der Waals surface area contributed by atoms with Gasteiger partial charge in [0, 0.05) is 9.90 Å². The van der Waals surface area contributed by atoms with Gasteiger partial charge in [0.05, 0.1) is 23.3 Å². The number of hydrogen-bond acceptors (Lipinski definition) is 5. The first-order valence-corrected chi connectivity index (χ1v) is 8.57. The molecule has 25 heavy (non-hydrogen) atoms. The normalized spacial score (nSPS) is 10.3. The van der Waals surface area contributed by atoms with Gasteiger partial charge >= 0.3 is 6.09 Å². The second-order valence-corrected chi connectivity index (χ2v) is 7.08. The van der Waals surface area contributed by atoms with E-state index in [4.69, 9.17) is 23.2 Å². The third-order valence-corrected chi connectivity index (χ3v) is 5.09. The standard InChI is InChI=1S/C16H14Cl2N2O4S/c1-7-8(2)25-15(12(7)14(22)20-16(23)24-3)19-13(21)10-5-4-9(17)6-11(10)18/h4-6H,1-3H3,(H,19,21)(H,20,22,23). The number of anilines is 1. The monoisotopic (exact) mass is 400 g/mol. The van der Waals surface area contributed by atoms with Crippen LogP contribution in [-0.2, 0) is 4.74 Å². The van der Waals surface area contributed by atoms with E-state index in [0.29, 0.717) is 15.6 Å². The van der Waals surface area contributed by atoms with Crippen molar-refractivity contribution in [2.75, 3.05) is 12.4 Å². The van der Waals surface area contributed by atoms with E-state index in [-0.39, 0.29) is 16.1 Å². The van der Waals surface area contributed by atoms with Crippen molar-refractivity contribution in [2.24, 2.45) is 0 Å². The number of imide groups is 1. The van der Waals surface area contributed by atoms with Crippen molar-refractivity contribution in [3.63, 3.8) is 0 Å². The number of carbonyl (C=O) groups is 3. The Morgan fingerprint density at radius 1 is 1.12 bits per heavy atom. The van der Waals surface area contributed by atoms with Crippen molar-refractivity contribution >= 4 is 57.4 Å². The zero-order chi connectivity index (χ0) is 18.7. The van der Waals surface area contributed by atoms with Crippen LogP contribution in [0.4, 0.5) is 9.80 Å². The highest BCUT2D eigenvalue weighted by molar-refractivity contribution is 7.16. The second kappa shape index (κ2) is 7.86. The van der Waals surface area contributed by atoms with Crippen molar-refractivity contribution in [1.82, 2.24) is 5.32 Å². The molecule has 0 fully saturated rings. The maximum Gasteiger partial charge on any atom is 0.413 e. The summed E-state index contributed by atoms with van der Waals surface area (Å²) in [6.07, 6.45) is -0.883. The van der Waals surface area contributed by atoms with Crippen molar-refractivity contribution in [2.45, 2.75) is 13.8 Å². The SMILES string of the molecule is COC(=O)NC(=O)c1c(NC(=O)c2ccc(Cl)cc2Cl)sc(C)c1C. The lowest BCUT2D eigenvalue weighted by molar-refractivity contribution is 0.0937. The van der Waals surface area contributed by atoms with Gasteiger partial charge in [0.25, 0.3) is 11.8 Å². The minimum atomic E-state index is -0.883. The summed E-state index contributed by atoms with van der Waals surface area (Å²) in [7, 11) is 1.15. The number of carbonyl (C=O) groups excluding carboxylic acids is 3. The van der Waals surface area contributed by atoms with Gasteiger partial charge in [-0.3, -0.25) is 14.9 Å². The van der Waals surface area contributed by atoms with E-state index in [0.717, 1.165) is 12.0 Å². The number of ether oxygens (including phenoxy) is 1. The molecule has 0 spiro atoms. The fourth-order valence-corrected chi connectivity index (χ4v) is 3.59. The van der Waals surface area contributed by atoms with Crippen LogP contribution in [0.5, 0.6) is 0 Å². The number of alkyl carbamates (subject to hydrolysis) is 1. The average molecular weight is 401 g/mol. The highest BCUT2D eigenvalue weighted by Crippen LogP contribution is 2.33. The fraction of sp³-hybridized carbons (Fsp3) is 0.188. The molecular weight excluding hydrogens is 387 g/mol. The maximum atomic E-state index is 12.5. The molecule has 0 unspecified atom stereocenters. The largest absolute Gasteiger partial charge is 0.453 e. The first-order chi connectivity index (χ1) is 11.7. The molecule has 1 aromatic heterocycles. The quantitative estimate of drug-likeness (QED) is 0.798. The van der Waals surface area contributed by atoms with Crippen LogP contribution >= 0.6 is 34.5 Å². The van der Waals surface area contributed by atoms with Gasteiger partial charge in [0.1, 0.15) is 5.00 Å². The van der Waals surface area contributed by atoms with Crippen molar-refractivity contribution in [3.8, 4) is 0 Å². The summed E-state index contributed by atoms with van der Waals surface area (Å²) in [5.74, 6) is -1.15. The Morgan fingerprint density at radius 3 is 2.40 bits per heavy atom. The van der Waals surface area contributed by atoms with Crippen LogP contribution in [0.15, 0.2) is 18.2 Å². The van der Waals surface area contributed by atoms with E-state index in [2.05, 4.69) is 15.4 Å². The molecule has 1 aromatic carbocycles. The van der Waals surface area contributed by atoms with E-state index in [1.165, 1.54) is 29.5 Å². The Bertz CT molecular complexity index is 864. The summed E-state index contributed by atoms with van der Waals surface area (Å²) in [4.78, 5) is 36.9. The second-order valence-electron chi connectivity index (χ2n) is 5.01. The Hall–Kier alpha value is -2.09. The summed E-state index contributed by atoms with van der Waals surface area (Å²) >= 11 is 13.1. The van der Waals surface area contributed by atoms with Crippen LogP contribution in [0.3, 0.4) is 0 Å². The van der Waals surface area contributed by atoms with Crippen LogP contribution in [0, 0.1) is 13.8 Å². The fourth-order valence-electron chi connectivity index (χ4n) is 2.04. The van der Waals surface area contributed by atoms with E-state index >= 15 is 0 Å². The minimum absolute atomic E-state index is 0.190. The van der Waals surface area contributed by atoms with Crippen molar-refractivity contribution < 1.29 is 19.1 Å². The van der Waals surface area contributed by atoms with E-state index < -0.39 is 17.9 Å². The molecule has 6 nitrogen and oxygen atoms in total. The number of methoxy groups -OCH3 is 1. The van der Waals surface area contributed by atoms with Gasteiger partial charge < -0.3 is 10.1 Å². The predicted molar refractivity (Wildman–Crippen MR) is 98.1 cm³/mol. The summed E-state index contributed by atoms with van der Waals surface area (Å²) < 4.78 is 4.42. The van der Waals surface area contributed by atoms with Crippen LogP contribution in [0.2, 0.25) is 10.0 Å². The number of hydrogen-bond donors (Lipinski definition) is 2. The number of rotatable bonds is 3. The summed E-state index contributed by atoms with van der Waals surface area (Å²) in [5.41, 5.74) is 1.07.